The van der Waals surface area contributed by atoms with Gasteiger partial charge in [-0.3, -0.25) is 4.79 Å². The Morgan fingerprint density at radius 3 is 2.86 bits per heavy atom. The second kappa shape index (κ2) is 7.65. The largest absolute Gasteiger partial charge is 0.487 e. The highest BCUT2D eigenvalue weighted by molar-refractivity contribution is 7.12. The summed E-state index contributed by atoms with van der Waals surface area (Å²) in [5.41, 5.74) is 2.07. The second-order valence-corrected chi connectivity index (χ2v) is 6.96. The van der Waals surface area contributed by atoms with E-state index in [9.17, 15) is 4.79 Å². The van der Waals surface area contributed by atoms with Crippen LogP contribution in [0.25, 0.3) is 0 Å². The van der Waals surface area contributed by atoms with Crippen LogP contribution in [0.5, 0.6) is 5.75 Å². The third kappa shape index (κ3) is 4.75. The zero-order chi connectivity index (χ0) is 16.1. The van der Waals surface area contributed by atoms with Crippen LogP contribution >= 0.6 is 22.9 Å². The average Bonchev–Trinajstić information content (AvgIpc) is 2.94. The van der Waals surface area contributed by atoms with Gasteiger partial charge in [-0.05, 0) is 42.0 Å². The molecule has 1 amide bonds. The maximum Gasteiger partial charge on any atom is 0.261 e. The van der Waals surface area contributed by atoms with Gasteiger partial charge in [-0.1, -0.05) is 31.5 Å². The standard InChI is InChI=1S/C17H20ClNO2S/c1-11(2)8-19-17(20)16-7-13(10-22-16)9-21-15-6-12(3)4-5-14(15)18/h4-7,10-11H,8-9H2,1-3H3,(H,19,20). The summed E-state index contributed by atoms with van der Waals surface area (Å²) >= 11 is 7.53. The summed E-state index contributed by atoms with van der Waals surface area (Å²) in [6, 6.07) is 7.54. The van der Waals surface area contributed by atoms with Crippen LogP contribution in [0.1, 0.15) is 34.6 Å². The molecular formula is C17H20ClNO2S. The molecule has 0 spiro atoms. The first kappa shape index (κ1) is 16.8. The minimum Gasteiger partial charge on any atom is -0.487 e. The fraction of sp³-hybridized carbons (Fsp3) is 0.353. The van der Waals surface area contributed by atoms with Crippen LogP contribution < -0.4 is 10.1 Å². The number of ether oxygens (including phenoxy) is 1. The van der Waals surface area contributed by atoms with Crippen molar-refractivity contribution in [2.45, 2.75) is 27.4 Å². The molecule has 0 saturated carbocycles. The van der Waals surface area contributed by atoms with Gasteiger partial charge in [0.2, 0.25) is 0 Å². The first-order valence-electron chi connectivity index (χ1n) is 7.20. The highest BCUT2D eigenvalue weighted by Crippen LogP contribution is 2.26. The number of carbonyl (C=O) groups is 1. The number of carbonyl (C=O) groups excluding carboxylic acids is 1. The number of halogens is 1. The van der Waals surface area contributed by atoms with E-state index in [1.807, 2.05) is 36.6 Å². The Kier molecular flexibility index (Phi) is 5.86. The van der Waals surface area contributed by atoms with E-state index in [0.29, 0.717) is 34.7 Å². The molecule has 0 unspecified atom stereocenters. The monoisotopic (exact) mass is 337 g/mol. The molecule has 1 N–H and O–H groups in total. The lowest BCUT2D eigenvalue weighted by Crippen LogP contribution is -2.26. The second-order valence-electron chi connectivity index (χ2n) is 5.65. The van der Waals surface area contributed by atoms with E-state index < -0.39 is 0 Å². The van der Waals surface area contributed by atoms with Gasteiger partial charge in [0, 0.05) is 12.1 Å². The fourth-order valence-electron chi connectivity index (χ4n) is 1.84. The van der Waals surface area contributed by atoms with Crippen molar-refractivity contribution in [2.75, 3.05) is 6.54 Å². The van der Waals surface area contributed by atoms with Crippen molar-refractivity contribution >= 4 is 28.8 Å². The van der Waals surface area contributed by atoms with Gasteiger partial charge in [0.05, 0.1) is 9.90 Å². The minimum atomic E-state index is -0.0291. The molecule has 0 fully saturated rings. The number of hydrogen-bond donors (Lipinski definition) is 1. The molecule has 22 heavy (non-hydrogen) atoms. The molecule has 0 aliphatic carbocycles. The van der Waals surface area contributed by atoms with Gasteiger partial charge in [0.1, 0.15) is 12.4 Å². The van der Waals surface area contributed by atoms with Crippen LogP contribution in [0.2, 0.25) is 5.02 Å². The predicted molar refractivity (Wildman–Crippen MR) is 92.0 cm³/mol. The van der Waals surface area contributed by atoms with Crippen LogP contribution in [0, 0.1) is 12.8 Å². The van der Waals surface area contributed by atoms with E-state index in [1.165, 1.54) is 11.3 Å². The van der Waals surface area contributed by atoms with Crippen molar-refractivity contribution in [3.63, 3.8) is 0 Å². The van der Waals surface area contributed by atoms with E-state index in [-0.39, 0.29) is 5.91 Å². The molecule has 0 atom stereocenters. The Morgan fingerprint density at radius 2 is 2.14 bits per heavy atom. The summed E-state index contributed by atoms with van der Waals surface area (Å²) < 4.78 is 5.74. The Bertz CT molecular complexity index is 652. The molecule has 0 aliphatic heterocycles. The quantitative estimate of drug-likeness (QED) is 0.831. The van der Waals surface area contributed by atoms with Crippen LogP contribution in [-0.4, -0.2) is 12.5 Å². The molecular weight excluding hydrogens is 318 g/mol. The molecule has 0 radical (unpaired) electrons. The van der Waals surface area contributed by atoms with E-state index in [4.69, 9.17) is 16.3 Å². The minimum absolute atomic E-state index is 0.0291. The molecule has 2 rings (SSSR count). The molecule has 1 aromatic heterocycles. The lowest BCUT2D eigenvalue weighted by atomic mass is 10.2. The van der Waals surface area contributed by atoms with E-state index in [0.717, 1.165) is 11.1 Å². The van der Waals surface area contributed by atoms with E-state index in [1.54, 1.807) is 0 Å². The van der Waals surface area contributed by atoms with Crippen LogP contribution in [0.3, 0.4) is 0 Å². The SMILES string of the molecule is Cc1ccc(Cl)c(OCc2csc(C(=O)NCC(C)C)c2)c1. The van der Waals surface area contributed by atoms with Crippen molar-refractivity contribution < 1.29 is 9.53 Å². The zero-order valence-corrected chi connectivity index (χ0v) is 14.6. The summed E-state index contributed by atoms with van der Waals surface area (Å²) in [4.78, 5) is 12.7. The van der Waals surface area contributed by atoms with Crippen molar-refractivity contribution in [3.05, 3.63) is 50.7 Å². The van der Waals surface area contributed by atoms with Crippen molar-refractivity contribution in [1.29, 1.82) is 0 Å². The summed E-state index contributed by atoms with van der Waals surface area (Å²) in [6.45, 7) is 7.21. The molecule has 2 aromatic rings. The molecule has 1 aromatic carbocycles. The van der Waals surface area contributed by atoms with Crippen molar-refractivity contribution in [3.8, 4) is 5.75 Å². The van der Waals surface area contributed by atoms with Gasteiger partial charge in [-0.25, -0.2) is 0 Å². The molecule has 5 heteroatoms. The zero-order valence-electron chi connectivity index (χ0n) is 13.0. The smallest absolute Gasteiger partial charge is 0.261 e. The Hall–Kier alpha value is -1.52. The molecule has 1 heterocycles. The molecule has 3 nitrogen and oxygen atoms in total. The average molecular weight is 338 g/mol. The van der Waals surface area contributed by atoms with E-state index >= 15 is 0 Å². The van der Waals surface area contributed by atoms with Gasteiger partial charge >= 0.3 is 0 Å². The number of rotatable bonds is 6. The highest BCUT2D eigenvalue weighted by Gasteiger charge is 2.10. The Balaban J connectivity index is 1.94. The summed E-state index contributed by atoms with van der Waals surface area (Å²) in [7, 11) is 0. The molecule has 0 saturated heterocycles. The lowest BCUT2D eigenvalue weighted by Gasteiger charge is -2.07. The van der Waals surface area contributed by atoms with Gasteiger partial charge in [0.15, 0.2) is 0 Å². The number of thiophene rings is 1. The van der Waals surface area contributed by atoms with Gasteiger partial charge in [-0.2, -0.15) is 0 Å². The van der Waals surface area contributed by atoms with Crippen LogP contribution in [0.15, 0.2) is 29.6 Å². The maximum atomic E-state index is 12.0. The summed E-state index contributed by atoms with van der Waals surface area (Å²) in [5, 5.41) is 5.44. The molecule has 118 valence electrons. The number of aryl methyl sites for hydroxylation is 1. The topological polar surface area (TPSA) is 38.3 Å². The maximum absolute atomic E-state index is 12.0. The first-order chi connectivity index (χ1) is 10.5. The number of hydrogen-bond acceptors (Lipinski definition) is 3. The summed E-state index contributed by atoms with van der Waals surface area (Å²) in [6.07, 6.45) is 0. The van der Waals surface area contributed by atoms with Gasteiger partial charge in [-0.15, -0.1) is 11.3 Å². The third-order valence-corrected chi connectivity index (χ3v) is 4.32. The van der Waals surface area contributed by atoms with Gasteiger partial charge in [0.25, 0.3) is 5.91 Å². The third-order valence-electron chi connectivity index (χ3n) is 3.03. The molecule has 0 aliphatic rings. The van der Waals surface area contributed by atoms with Crippen LogP contribution in [-0.2, 0) is 6.61 Å². The first-order valence-corrected chi connectivity index (χ1v) is 8.46. The molecule has 0 bridgehead atoms. The number of nitrogens with one attached hydrogen (secondary N) is 1. The predicted octanol–water partition coefficient (Wildman–Crippen LogP) is 4.67. The van der Waals surface area contributed by atoms with Crippen molar-refractivity contribution in [2.24, 2.45) is 5.92 Å². The Morgan fingerprint density at radius 1 is 1.36 bits per heavy atom. The van der Waals surface area contributed by atoms with E-state index in [2.05, 4.69) is 19.2 Å². The fourth-order valence-corrected chi connectivity index (χ4v) is 2.82. The Labute approximate surface area is 140 Å². The normalized spacial score (nSPS) is 10.8. The summed E-state index contributed by atoms with van der Waals surface area (Å²) in [5.74, 6) is 1.08. The number of benzene rings is 1. The van der Waals surface area contributed by atoms with Gasteiger partial charge < -0.3 is 10.1 Å². The highest BCUT2D eigenvalue weighted by atomic mass is 35.5. The lowest BCUT2D eigenvalue weighted by molar-refractivity contribution is 0.0953. The van der Waals surface area contributed by atoms with Crippen LogP contribution in [0.4, 0.5) is 0 Å². The van der Waals surface area contributed by atoms with Crippen molar-refractivity contribution in [1.82, 2.24) is 5.32 Å². The number of amides is 1.